The van der Waals surface area contributed by atoms with E-state index in [9.17, 15) is 4.79 Å². The van der Waals surface area contributed by atoms with E-state index in [-0.39, 0.29) is 5.91 Å². The number of benzene rings is 2. The van der Waals surface area contributed by atoms with Gasteiger partial charge >= 0.3 is 0 Å². The Bertz CT molecular complexity index is 905. The number of fused-ring (bicyclic) bond motifs is 1. The van der Waals surface area contributed by atoms with Crippen LogP contribution in [0.2, 0.25) is 0 Å². The zero-order valence-corrected chi connectivity index (χ0v) is 15.8. The molecule has 3 aromatic rings. The van der Waals surface area contributed by atoms with Crippen LogP contribution in [-0.4, -0.2) is 35.2 Å². The van der Waals surface area contributed by atoms with Crippen LogP contribution in [0.5, 0.6) is 11.5 Å². The van der Waals surface area contributed by atoms with Gasteiger partial charge < -0.3 is 19.4 Å². The van der Waals surface area contributed by atoms with Crippen LogP contribution in [0, 0.1) is 0 Å². The second kappa shape index (κ2) is 9.07. The highest BCUT2D eigenvalue weighted by Crippen LogP contribution is 2.28. The lowest BCUT2D eigenvalue weighted by Crippen LogP contribution is -2.25. The molecule has 1 N–H and O–H groups in total. The van der Waals surface area contributed by atoms with Crippen LogP contribution in [0.4, 0.5) is 0 Å². The van der Waals surface area contributed by atoms with Gasteiger partial charge in [-0.1, -0.05) is 12.1 Å². The Balaban J connectivity index is 1.55. The number of rotatable bonds is 9. The summed E-state index contributed by atoms with van der Waals surface area (Å²) in [5.41, 5.74) is 2.66. The molecule has 2 aromatic carbocycles. The van der Waals surface area contributed by atoms with Crippen LogP contribution in [-0.2, 0) is 6.54 Å². The molecule has 1 heterocycles. The number of nitrogens with one attached hydrogen (secondary N) is 1. The summed E-state index contributed by atoms with van der Waals surface area (Å²) in [4.78, 5) is 16.8. The summed E-state index contributed by atoms with van der Waals surface area (Å²) in [6.07, 6.45) is 2.66. The lowest BCUT2D eigenvalue weighted by Gasteiger charge is -2.12. The van der Waals surface area contributed by atoms with Crippen molar-refractivity contribution < 1.29 is 14.3 Å². The first-order valence-electron chi connectivity index (χ1n) is 9.30. The van der Waals surface area contributed by atoms with Crippen LogP contribution < -0.4 is 14.8 Å². The van der Waals surface area contributed by atoms with Crippen molar-refractivity contribution in [3.05, 3.63) is 54.4 Å². The lowest BCUT2D eigenvalue weighted by atomic mass is 10.2. The maximum atomic E-state index is 12.4. The molecule has 6 nitrogen and oxygen atoms in total. The Morgan fingerprint density at radius 3 is 2.67 bits per heavy atom. The number of ether oxygens (including phenoxy) is 2. The molecular formula is C21H25N3O3. The molecule has 0 bridgehead atoms. The molecule has 0 fully saturated rings. The lowest BCUT2D eigenvalue weighted by molar-refractivity contribution is 0.0952. The van der Waals surface area contributed by atoms with Crippen LogP contribution in [0.3, 0.4) is 0 Å². The van der Waals surface area contributed by atoms with Crippen molar-refractivity contribution in [2.24, 2.45) is 0 Å². The van der Waals surface area contributed by atoms with E-state index in [4.69, 9.17) is 9.47 Å². The van der Waals surface area contributed by atoms with Crippen molar-refractivity contribution in [1.82, 2.24) is 14.9 Å². The molecule has 0 aliphatic rings. The summed E-state index contributed by atoms with van der Waals surface area (Å²) in [7, 11) is 0. The van der Waals surface area contributed by atoms with E-state index < -0.39 is 0 Å². The highest BCUT2D eigenvalue weighted by atomic mass is 16.5. The van der Waals surface area contributed by atoms with Gasteiger partial charge in [0.2, 0.25) is 0 Å². The number of hydrogen-bond acceptors (Lipinski definition) is 4. The van der Waals surface area contributed by atoms with Gasteiger partial charge in [0, 0.05) is 18.7 Å². The van der Waals surface area contributed by atoms with Crippen LogP contribution in [0.1, 0.15) is 30.6 Å². The molecular weight excluding hydrogens is 342 g/mol. The smallest absolute Gasteiger partial charge is 0.251 e. The largest absolute Gasteiger partial charge is 0.490 e. The van der Waals surface area contributed by atoms with Gasteiger partial charge in [0.25, 0.3) is 5.91 Å². The molecule has 0 aliphatic heterocycles. The number of hydrogen-bond donors (Lipinski definition) is 1. The molecule has 0 radical (unpaired) electrons. The molecule has 0 spiro atoms. The highest BCUT2D eigenvalue weighted by Gasteiger charge is 2.11. The minimum Gasteiger partial charge on any atom is -0.490 e. The first-order chi connectivity index (χ1) is 13.2. The molecule has 0 saturated carbocycles. The summed E-state index contributed by atoms with van der Waals surface area (Å²) < 4.78 is 13.2. The molecule has 6 heteroatoms. The van der Waals surface area contributed by atoms with Crippen LogP contribution in [0.25, 0.3) is 11.0 Å². The summed E-state index contributed by atoms with van der Waals surface area (Å²) >= 11 is 0. The first-order valence-corrected chi connectivity index (χ1v) is 9.30. The third kappa shape index (κ3) is 4.58. The maximum absolute atomic E-state index is 12.4. The Morgan fingerprint density at radius 2 is 1.85 bits per heavy atom. The van der Waals surface area contributed by atoms with Gasteiger partial charge in [0.1, 0.15) is 0 Å². The SMILES string of the molecule is CCOc1ccc(C(=O)NCCCn2cnc3ccccc32)cc1OCC. The van der Waals surface area contributed by atoms with Crippen molar-refractivity contribution in [3.8, 4) is 11.5 Å². The van der Waals surface area contributed by atoms with E-state index in [0.717, 1.165) is 24.0 Å². The average molecular weight is 367 g/mol. The molecule has 142 valence electrons. The predicted molar refractivity (Wildman–Crippen MR) is 105 cm³/mol. The quantitative estimate of drug-likeness (QED) is 0.586. The Hall–Kier alpha value is -3.02. The number of aromatic nitrogens is 2. The van der Waals surface area contributed by atoms with Gasteiger partial charge in [-0.15, -0.1) is 0 Å². The fraction of sp³-hybridized carbons (Fsp3) is 0.333. The maximum Gasteiger partial charge on any atom is 0.251 e. The van der Waals surface area contributed by atoms with E-state index >= 15 is 0 Å². The zero-order valence-electron chi connectivity index (χ0n) is 15.8. The van der Waals surface area contributed by atoms with Gasteiger partial charge in [0.05, 0.1) is 30.6 Å². The summed E-state index contributed by atoms with van der Waals surface area (Å²) in [6.45, 7) is 6.28. The zero-order chi connectivity index (χ0) is 19.1. The molecule has 0 aliphatic carbocycles. The fourth-order valence-electron chi connectivity index (χ4n) is 2.93. The van der Waals surface area contributed by atoms with Crippen LogP contribution >= 0.6 is 0 Å². The summed E-state index contributed by atoms with van der Waals surface area (Å²) in [5.74, 6) is 1.13. The highest BCUT2D eigenvalue weighted by molar-refractivity contribution is 5.94. The van der Waals surface area contributed by atoms with Crippen molar-refractivity contribution in [2.45, 2.75) is 26.8 Å². The van der Waals surface area contributed by atoms with Gasteiger partial charge in [-0.05, 0) is 50.6 Å². The van der Waals surface area contributed by atoms with Crippen LogP contribution in [0.15, 0.2) is 48.8 Å². The fourth-order valence-corrected chi connectivity index (χ4v) is 2.93. The third-order valence-corrected chi connectivity index (χ3v) is 4.19. The van der Waals surface area contributed by atoms with E-state index in [1.165, 1.54) is 0 Å². The van der Waals surface area contributed by atoms with Crippen molar-refractivity contribution in [3.63, 3.8) is 0 Å². The minimum absolute atomic E-state index is 0.116. The van der Waals surface area contributed by atoms with E-state index in [0.29, 0.717) is 36.8 Å². The van der Waals surface area contributed by atoms with Gasteiger partial charge in [-0.3, -0.25) is 4.79 Å². The van der Waals surface area contributed by atoms with Gasteiger partial charge in [-0.2, -0.15) is 0 Å². The second-order valence-corrected chi connectivity index (χ2v) is 6.06. The minimum atomic E-state index is -0.116. The van der Waals surface area contributed by atoms with E-state index in [1.54, 1.807) is 18.2 Å². The average Bonchev–Trinajstić information content (AvgIpc) is 3.10. The number of nitrogens with zero attached hydrogens (tertiary/aromatic N) is 2. The van der Waals surface area contributed by atoms with Crippen molar-refractivity contribution >= 4 is 16.9 Å². The number of aryl methyl sites for hydroxylation is 1. The normalized spacial score (nSPS) is 10.7. The Labute approximate surface area is 159 Å². The number of imidazole rings is 1. The van der Waals surface area contributed by atoms with Gasteiger partial charge in [-0.25, -0.2) is 4.98 Å². The topological polar surface area (TPSA) is 65.4 Å². The van der Waals surface area contributed by atoms with E-state index in [2.05, 4.69) is 20.9 Å². The standard InChI is InChI=1S/C21H25N3O3/c1-3-26-19-11-10-16(14-20(19)27-4-2)21(25)22-12-7-13-24-15-23-17-8-5-6-9-18(17)24/h5-6,8-11,14-15H,3-4,7,12-13H2,1-2H3,(H,22,25). The molecule has 0 saturated heterocycles. The Kier molecular flexibility index (Phi) is 6.30. The monoisotopic (exact) mass is 367 g/mol. The Morgan fingerprint density at radius 1 is 1.07 bits per heavy atom. The molecule has 0 unspecified atom stereocenters. The molecule has 27 heavy (non-hydrogen) atoms. The number of para-hydroxylation sites is 2. The van der Waals surface area contributed by atoms with E-state index in [1.807, 2.05) is 38.4 Å². The third-order valence-electron chi connectivity index (χ3n) is 4.19. The predicted octanol–water partition coefficient (Wildman–Crippen LogP) is 3.65. The second-order valence-electron chi connectivity index (χ2n) is 6.06. The first kappa shape index (κ1) is 18.8. The number of amides is 1. The molecule has 1 amide bonds. The van der Waals surface area contributed by atoms with Gasteiger partial charge in [0.15, 0.2) is 11.5 Å². The molecule has 0 atom stereocenters. The number of carbonyl (C=O) groups excluding carboxylic acids is 1. The number of carbonyl (C=O) groups is 1. The summed E-state index contributed by atoms with van der Waals surface area (Å²) in [6, 6.07) is 13.3. The van der Waals surface area contributed by atoms with Crippen molar-refractivity contribution in [2.75, 3.05) is 19.8 Å². The van der Waals surface area contributed by atoms with Crippen molar-refractivity contribution in [1.29, 1.82) is 0 Å². The molecule has 1 aromatic heterocycles. The molecule has 3 rings (SSSR count). The summed E-state index contributed by atoms with van der Waals surface area (Å²) in [5, 5.41) is 2.96.